The van der Waals surface area contributed by atoms with Gasteiger partial charge in [0.05, 0.1) is 13.2 Å². The molecule has 1 saturated carbocycles. The second kappa shape index (κ2) is 4.59. The molecular formula is C14H16O3. The second-order valence-electron chi connectivity index (χ2n) is 4.69. The van der Waals surface area contributed by atoms with Crippen molar-refractivity contribution in [3.63, 3.8) is 0 Å². The highest BCUT2D eigenvalue weighted by molar-refractivity contribution is 5.99. The number of ketones is 1. The Balaban J connectivity index is 1.80. The van der Waals surface area contributed by atoms with Gasteiger partial charge in [-0.15, -0.1) is 0 Å². The van der Waals surface area contributed by atoms with E-state index in [0.717, 1.165) is 43.6 Å². The Morgan fingerprint density at radius 3 is 2.65 bits per heavy atom. The number of Topliss-reactive ketones (excluding diaryl/α,β-unsaturated/α-hetero) is 1. The van der Waals surface area contributed by atoms with Crippen LogP contribution in [0.5, 0.6) is 0 Å². The summed E-state index contributed by atoms with van der Waals surface area (Å²) in [5.74, 6) is 0.529. The summed E-state index contributed by atoms with van der Waals surface area (Å²) >= 11 is 0. The third kappa shape index (κ3) is 2.40. The highest BCUT2D eigenvalue weighted by Gasteiger charge is 2.30. The average molecular weight is 232 g/mol. The normalized spacial score (nSPS) is 21.4. The van der Waals surface area contributed by atoms with Gasteiger partial charge in [0, 0.05) is 17.0 Å². The molecule has 0 aromatic heterocycles. The zero-order valence-electron chi connectivity index (χ0n) is 9.72. The van der Waals surface area contributed by atoms with Crippen molar-refractivity contribution in [3.8, 4) is 0 Å². The first-order valence-electron chi connectivity index (χ1n) is 6.22. The molecule has 1 heterocycles. The van der Waals surface area contributed by atoms with E-state index in [2.05, 4.69) is 0 Å². The first-order chi connectivity index (χ1) is 8.34. The van der Waals surface area contributed by atoms with E-state index in [-0.39, 0.29) is 18.0 Å². The van der Waals surface area contributed by atoms with Crippen molar-refractivity contribution >= 4 is 5.78 Å². The number of ether oxygens (including phenoxy) is 2. The van der Waals surface area contributed by atoms with E-state index in [1.54, 1.807) is 0 Å². The van der Waals surface area contributed by atoms with Crippen molar-refractivity contribution in [2.75, 3.05) is 13.2 Å². The molecule has 2 aliphatic rings. The van der Waals surface area contributed by atoms with E-state index in [9.17, 15) is 4.79 Å². The lowest BCUT2D eigenvalue weighted by Crippen LogP contribution is -2.18. The Kier molecular flexibility index (Phi) is 2.95. The zero-order valence-corrected chi connectivity index (χ0v) is 9.72. The molecule has 1 aliphatic carbocycles. The predicted molar refractivity (Wildman–Crippen MR) is 62.8 cm³/mol. The van der Waals surface area contributed by atoms with E-state index >= 15 is 0 Å². The molecule has 0 atom stereocenters. The fourth-order valence-electron chi connectivity index (χ4n) is 2.10. The minimum Gasteiger partial charge on any atom is -0.348 e. The molecule has 0 spiro atoms. The third-order valence-electron chi connectivity index (χ3n) is 3.22. The van der Waals surface area contributed by atoms with Crippen molar-refractivity contribution in [1.82, 2.24) is 0 Å². The average Bonchev–Trinajstić information content (AvgIpc) is 3.23. The summed E-state index contributed by atoms with van der Waals surface area (Å²) in [5, 5.41) is 0. The summed E-state index contributed by atoms with van der Waals surface area (Å²) in [5.41, 5.74) is 1.75. The summed E-state index contributed by atoms with van der Waals surface area (Å²) in [6, 6.07) is 7.66. The predicted octanol–water partition coefficient (Wildman–Crippen LogP) is 2.71. The molecule has 0 amide bonds. The second-order valence-corrected chi connectivity index (χ2v) is 4.69. The van der Waals surface area contributed by atoms with Crippen LogP contribution in [-0.2, 0) is 9.47 Å². The van der Waals surface area contributed by atoms with Gasteiger partial charge >= 0.3 is 0 Å². The molecule has 3 heteroatoms. The first-order valence-corrected chi connectivity index (χ1v) is 6.22. The summed E-state index contributed by atoms with van der Waals surface area (Å²) in [6.07, 6.45) is 2.73. The topological polar surface area (TPSA) is 35.5 Å². The number of carbonyl (C=O) groups excluding carboxylic acids is 1. The van der Waals surface area contributed by atoms with Gasteiger partial charge in [0.15, 0.2) is 12.1 Å². The van der Waals surface area contributed by atoms with Crippen molar-refractivity contribution in [3.05, 3.63) is 35.4 Å². The van der Waals surface area contributed by atoms with Gasteiger partial charge in [0.1, 0.15) is 0 Å². The monoisotopic (exact) mass is 232 g/mol. The molecule has 0 radical (unpaired) electrons. The molecule has 17 heavy (non-hydrogen) atoms. The number of hydrogen-bond acceptors (Lipinski definition) is 3. The Hall–Kier alpha value is -1.19. The molecular weight excluding hydrogens is 216 g/mol. The fourth-order valence-corrected chi connectivity index (χ4v) is 2.10. The lowest BCUT2D eigenvalue weighted by molar-refractivity contribution is -0.183. The van der Waals surface area contributed by atoms with Gasteiger partial charge in [-0.25, -0.2) is 0 Å². The summed E-state index contributed by atoms with van der Waals surface area (Å²) in [7, 11) is 0. The van der Waals surface area contributed by atoms with Gasteiger partial charge in [0.25, 0.3) is 0 Å². The summed E-state index contributed by atoms with van der Waals surface area (Å²) in [6.45, 7) is 1.46. The zero-order chi connectivity index (χ0) is 11.7. The highest BCUT2D eigenvalue weighted by atomic mass is 16.7. The number of benzene rings is 1. The van der Waals surface area contributed by atoms with Gasteiger partial charge in [-0.2, -0.15) is 0 Å². The molecule has 1 aliphatic heterocycles. The van der Waals surface area contributed by atoms with Crippen molar-refractivity contribution in [1.29, 1.82) is 0 Å². The SMILES string of the molecule is O=C(c1cccc(C2OCCCO2)c1)C1CC1. The largest absolute Gasteiger partial charge is 0.348 e. The third-order valence-corrected chi connectivity index (χ3v) is 3.22. The van der Waals surface area contributed by atoms with Gasteiger partial charge in [-0.1, -0.05) is 18.2 Å². The van der Waals surface area contributed by atoms with E-state index in [1.807, 2.05) is 24.3 Å². The van der Waals surface area contributed by atoms with Crippen LogP contribution in [0.2, 0.25) is 0 Å². The standard InChI is InChI=1S/C14H16O3/c15-13(10-5-6-10)11-3-1-4-12(9-11)14-16-7-2-8-17-14/h1,3-4,9-10,14H,2,5-8H2. The minimum atomic E-state index is -0.296. The maximum Gasteiger partial charge on any atom is 0.183 e. The Labute approximate surface area is 101 Å². The highest BCUT2D eigenvalue weighted by Crippen LogP contribution is 2.33. The maximum atomic E-state index is 12.0. The molecule has 1 aromatic rings. The van der Waals surface area contributed by atoms with E-state index in [1.165, 1.54) is 0 Å². The lowest BCUT2D eigenvalue weighted by Gasteiger charge is -2.23. The fraction of sp³-hybridized carbons (Fsp3) is 0.500. The summed E-state index contributed by atoms with van der Waals surface area (Å²) < 4.78 is 11.1. The number of rotatable bonds is 3. The van der Waals surface area contributed by atoms with Crippen molar-refractivity contribution in [2.24, 2.45) is 5.92 Å². The lowest BCUT2D eigenvalue weighted by atomic mass is 10.0. The van der Waals surface area contributed by atoms with Crippen LogP contribution in [0.3, 0.4) is 0 Å². The molecule has 2 fully saturated rings. The molecule has 1 saturated heterocycles. The van der Waals surface area contributed by atoms with Crippen LogP contribution in [-0.4, -0.2) is 19.0 Å². The molecule has 1 aromatic carbocycles. The van der Waals surface area contributed by atoms with Gasteiger partial charge < -0.3 is 9.47 Å². The van der Waals surface area contributed by atoms with Crippen LogP contribution in [0.4, 0.5) is 0 Å². The van der Waals surface area contributed by atoms with Crippen molar-refractivity contribution < 1.29 is 14.3 Å². The molecule has 3 rings (SSSR count). The minimum absolute atomic E-state index is 0.262. The number of carbonyl (C=O) groups is 1. The van der Waals surface area contributed by atoms with E-state index in [4.69, 9.17) is 9.47 Å². The first kappa shape index (κ1) is 10.9. The van der Waals surface area contributed by atoms with Crippen LogP contribution in [0.1, 0.15) is 41.5 Å². The van der Waals surface area contributed by atoms with Gasteiger partial charge in [-0.05, 0) is 25.3 Å². The van der Waals surface area contributed by atoms with Crippen LogP contribution in [0.25, 0.3) is 0 Å². The molecule has 0 unspecified atom stereocenters. The molecule has 0 bridgehead atoms. The smallest absolute Gasteiger partial charge is 0.183 e. The van der Waals surface area contributed by atoms with Gasteiger partial charge in [-0.3, -0.25) is 4.79 Å². The van der Waals surface area contributed by atoms with Crippen LogP contribution < -0.4 is 0 Å². The Bertz CT molecular complexity index is 417. The molecule has 3 nitrogen and oxygen atoms in total. The van der Waals surface area contributed by atoms with Crippen molar-refractivity contribution in [2.45, 2.75) is 25.6 Å². The molecule has 0 N–H and O–H groups in total. The Morgan fingerprint density at radius 1 is 1.18 bits per heavy atom. The van der Waals surface area contributed by atoms with Crippen LogP contribution in [0, 0.1) is 5.92 Å². The Morgan fingerprint density at radius 2 is 1.94 bits per heavy atom. The number of hydrogen-bond donors (Lipinski definition) is 0. The quantitative estimate of drug-likeness (QED) is 0.752. The van der Waals surface area contributed by atoms with Crippen LogP contribution >= 0.6 is 0 Å². The summed E-state index contributed by atoms with van der Waals surface area (Å²) in [4.78, 5) is 12.0. The van der Waals surface area contributed by atoms with Gasteiger partial charge in [0.2, 0.25) is 0 Å². The maximum absolute atomic E-state index is 12.0. The van der Waals surface area contributed by atoms with E-state index < -0.39 is 0 Å². The van der Waals surface area contributed by atoms with Crippen LogP contribution in [0.15, 0.2) is 24.3 Å². The molecule has 90 valence electrons. The van der Waals surface area contributed by atoms with E-state index in [0.29, 0.717) is 0 Å².